The van der Waals surface area contributed by atoms with Crippen LogP contribution >= 0.6 is 0 Å². The zero-order chi connectivity index (χ0) is 23.7. The minimum Gasteiger partial charge on any atom is -0.479 e. The van der Waals surface area contributed by atoms with Gasteiger partial charge in [0.2, 0.25) is 5.88 Å². The highest BCUT2D eigenvalue weighted by molar-refractivity contribution is 5.64. The summed E-state index contributed by atoms with van der Waals surface area (Å²) < 4.78 is 28.8. The first-order valence-electron chi connectivity index (χ1n) is 11.8. The third-order valence-electron chi connectivity index (χ3n) is 6.54. The minimum absolute atomic E-state index is 0.0363. The Kier molecular flexibility index (Phi) is 6.62. The number of methoxy groups -OCH3 is 1. The lowest BCUT2D eigenvalue weighted by molar-refractivity contribution is 0.138. The van der Waals surface area contributed by atoms with Crippen LogP contribution in [-0.4, -0.2) is 80.6 Å². The molecule has 0 spiro atoms. The molecule has 1 fully saturated rings. The number of hydrogen-bond acceptors (Lipinski definition) is 7. The van der Waals surface area contributed by atoms with Gasteiger partial charge in [-0.05, 0) is 32.2 Å². The van der Waals surface area contributed by atoms with Crippen molar-refractivity contribution in [3.05, 3.63) is 41.7 Å². The van der Waals surface area contributed by atoms with E-state index in [9.17, 15) is 9.50 Å². The molecular weight excluding hydrogens is 439 g/mol. The largest absolute Gasteiger partial charge is 0.479 e. The maximum atomic E-state index is 14.4. The molecule has 9 nitrogen and oxygen atoms in total. The molecule has 3 aromatic rings. The summed E-state index contributed by atoms with van der Waals surface area (Å²) in [5.74, 6) is -0.0571. The summed E-state index contributed by atoms with van der Waals surface area (Å²) in [7, 11) is 1.40. The van der Waals surface area contributed by atoms with E-state index in [0.29, 0.717) is 37.8 Å². The van der Waals surface area contributed by atoms with E-state index in [-0.39, 0.29) is 12.0 Å². The van der Waals surface area contributed by atoms with Gasteiger partial charge < -0.3 is 19.5 Å². The number of β-amino-alcohol motifs (C(OH)–C–C–N with tert-alkyl or cyclic N) is 1. The summed E-state index contributed by atoms with van der Waals surface area (Å²) in [6.07, 6.45) is 7.69. The molecule has 34 heavy (non-hydrogen) atoms. The molecule has 0 radical (unpaired) electrons. The van der Waals surface area contributed by atoms with E-state index in [0.717, 1.165) is 55.0 Å². The summed E-state index contributed by atoms with van der Waals surface area (Å²) in [6.45, 7) is 6.57. The molecular formula is C24H31FN6O3. The van der Waals surface area contributed by atoms with E-state index in [2.05, 4.69) is 15.0 Å². The van der Waals surface area contributed by atoms with Crippen LogP contribution in [0.25, 0.3) is 16.9 Å². The van der Waals surface area contributed by atoms with Crippen LogP contribution in [0.3, 0.4) is 0 Å². The van der Waals surface area contributed by atoms with Crippen LogP contribution in [-0.2, 0) is 24.1 Å². The minimum atomic E-state index is -0.523. The summed E-state index contributed by atoms with van der Waals surface area (Å²) in [4.78, 5) is 6.40. The molecule has 0 aliphatic carbocycles. The Morgan fingerprint density at radius 3 is 2.94 bits per heavy atom. The average Bonchev–Trinajstić information content (AvgIpc) is 3.49. The molecule has 2 atom stereocenters. The smallest absolute Gasteiger partial charge is 0.250 e. The zero-order valence-corrected chi connectivity index (χ0v) is 19.7. The molecule has 0 saturated carbocycles. The molecule has 1 N–H and O–H groups in total. The second-order valence-corrected chi connectivity index (χ2v) is 9.20. The number of aliphatic hydroxyl groups is 1. The Bertz CT molecular complexity index is 1140. The van der Waals surface area contributed by atoms with E-state index < -0.39 is 5.82 Å². The van der Waals surface area contributed by atoms with Gasteiger partial charge in [0.25, 0.3) is 0 Å². The van der Waals surface area contributed by atoms with Gasteiger partial charge in [-0.25, -0.2) is 14.1 Å². The lowest BCUT2D eigenvalue weighted by Crippen LogP contribution is -2.29. The van der Waals surface area contributed by atoms with Crippen LogP contribution in [0, 0.1) is 11.7 Å². The van der Waals surface area contributed by atoms with Gasteiger partial charge in [-0.1, -0.05) is 0 Å². The second kappa shape index (κ2) is 9.81. The maximum absolute atomic E-state index is 14.4. The van der Waals surface area contributed by atoms with Crippen LogP contribution < -0.4 is 4.74 Å². The van der Waals surface area contributed by atoms with Gasteiger partial charge in [-0.15, -0.1) is 0 Å². The fourth-order valence-electron chi connectivity index (χ4n) is 5.03. The van der Waals surface area contributed by atoms with Gasteiger partial charge in [-0.3, -0.25) is 4.68 Å². The van der Waals surface area contributed by atoms with Gasteiger partial charge in [-0.2, -0.15) is 10.2 Å². The lowest BCUT2D eigenvalue weighted by Gasteiger charge is -2.17. The highest BCUT2D eigenvalue weighted by Crippen LogP contribution is 2.31. The maximum Gasteiger partial charge on any atom is 0.250 e. The number of rotatable bonds is 7. The summed E-state index contributed by atoms with van der Waals surface area (Å²) >= 11 is 0. The van der Waals surface area contributed by atoms with Crippen LogP contribution in [0.4, 0.5) is 4.39 Å². The molecule has 2 aliphatic heterocycles. The molecule has 1 saturated heterocycles. The van der Waals surface area contributed by atoms with Crippen molar-refractivity contribution in [2.75, 3.05) is 40.0 Å². The van der Waals surface area contributed by atoms with Crippen molar-refractivity contribution in [2.45, 2.75) is 38.8 Å². The number of ether oxygens (including phenoxy) is 2. The normalized spacial score (nSPS) is 19.7. The molecule has 10 heteroatoms. The Morgan fingerprint density at radius 1 is 1.29 bits per heavy atom. The zero-order valence-electron chi connectivity index (χ0n) is 19.7. The van der Waals surface area contributed by atoms with Crippen molar-refractivity contribution in [1.82, 2.24) is 29.4 Å². The van der Waals surface area contributed by atoms with E-state index in [4.69, 9.17) is 14.6 Å². The number of halogens is 1. The number of aromatic nitrogens is 5. The van der Waals surface area contributed by atoms with E-state index in [1.165, 1.54) is 13.2 Å². The molecule has 0 amide bonds. The van der Waals surface area contributed by atoms with Crippen molar-refractivity contribution < 1.29 is 19.0 Å². The third-order valence-corrected chi connectivity index (χ3v) is 6.54. The highest BCUT2D eigenvalue weighted by atomic mass is 19.1. The van der Waals surface area contributed by atoms with Crippen LogP contribution in [0.5, 0.6) is 5.88 Å². The number of nitrogens with zero attached hydrogens (tertiary/aromatic N) is 6. The van der Waals surface area contributed by atoms with Crippen molar-refractivity contribution in [3.8, 4) is 22.8 Å². The fourth-order valence-corrected chi connectivity index (χ4v) is 5.03. The molecule has 0 aromatic carbocycles. The predicted molar refractivity (Wildman–Crippen MR) is 124 cm³/mol. The topological polar surface area (TPSA) is 90.5 Å². The van der Waals surface area contributed by atoms with Crippen molar-refractivity contribution in [2.24, 2.45) is 5.92 Å². The van der Waals surface area contributed by atoms with E-state index >= 15 is 0 Å². The molecule has 182 valence electrons. The molecule has 1 unspecified atom stereocenters. The molecule has 3 aromatic heterocycles. The molecule has 5 heterocycles. The summed E-state index contributed by atoms with van der Waals surface area (Å²) in [6, 6.07) is 1.40. The monoisotopic (exact) mass is 470 g/mol. The molecule has 5 rings (SSSR count). The predicted octanol–water partition coefficient (Wildman–Crippen LogP) is 2.10. The van der Waals surface area contributed by atoms with Gasteiger partial charge >= 0.3 is 0 Å². The standard InChI is InChI=1S/C24H31FN6O3/c1-16(32)12-29-6-3-17(13-29)14-30-15-18(10-27-30)23-20-4-7-34-8-5-22(20)31(28-23)19-9-21(25)24(33-2)26-11-19/h9-11,15-17,32H,3-8,12-14H2,1-2H3/t16-,17?/m1/s1. The molecule has 0 bridgehead atoms. The average molecular weight is 471 g/mol. The Balaban J connectivity index is 1.41. The first-order valence-corrected chi connectivity index (χ1v) is 11.8. The van der Waals surface area contributed by atoms with Crippen molar-refractivity contribution in [3.63, 3.8) is 0 Å². The van der Waals surface area contributed by atoms with Gasteiger partial charge in [0.05, 0.1) is 55.9 Å². The summed E-state index contributed by atoms with van der Waals surface area (Å²) in [5, 5.41) is 19.2. The Labute approximate surface area is 198 Å². The third kappa shape index (κ3) is 4.70. The van der Waals surface area contributed by atoms with Crippen molar-refractivity contribution in [1.29, 1.82) is 0 Å². The lowest BCUT2D eigenvalue weighted by atomic mass is 10.0. The number of aliphatic hydroxyl groups excluding tert-OH is 1. The first kappa shape index (κ1) is 22.9. The fraction of sp³-hybridized carbons (Fsp3) is 0.542. The Hall–Kier alpha value is -2.82. The SMILES string of the molecule is COc1ncc(-n2nc(-c3cnn(CC4CCN(C[C@@H](C)O)C4)c3)c3c2CCOCC3)cc1F. The first-order chi connectivity index (χ1) is 16.5. The number of pyridine rings is 1. The van der Waals surface area contributed by atoms with E-state index in [1.54, 1.807) is 10.9 Å². The molecule has 2 aliphatic rings. The quantitative estimate of drug-likeness (QED) is 0.566. The Morgan fingerprint density at radius 2 is 2.15 bits per heavy atom. The van der Waals surface area contributed by atoms with Crippen LogP contribution in [0.15, 0.2) is 24.7 Å². The highest BCUT2D eigenvalue weighted by Gasteiger charge is 2.26. The van der Waals surface area contributed by atoms with Gasteiger partial charge in [0.15, 0.2) is 5.82 Å². The second-order valence-electron chi connectivity index (χ2n) is 9.20. The van der Waals surface area contributed by atoms with Gasteiger partial charge in [0.1, 0.15) is 0 Å². The number of hydrogen-bond donors (Lipinski definition) is 1. The van der Waals surface area contributed by atoms with E-state index in [1.807, 2.05) is 24.0 Å². The van der Waals surface area contributed by atoms with Crippen LogP contribution in [0.1, 0.15) is 24.6 Å². The summed E-state index contributed by atoms with van der Waals surface area (Å²) in [5.41, 5.74) is 4.47. The van der Waals surface area contributed by atoms with Crippen LogP contribution in [0.2, 0.25) is 0 Å². The van der Waals surface area contributed by atoms with Gasteiger partial charge in [0, 0.05) is 49.4 Å². The number of likely N-dealkylation sites (tertiary alicyclic amines) is 1. The van der Waals surface area contributed by atoms with Crippen molar-refractivity contribution >= 4 is 0 Å². The number of fused-ring (bicyclic) bond motifs is 1.